The van der Waals surface area contributed by atoms with Crippen molar-refractivity contribution in [3.05, 3.63) is 0 Å². The zero-order valence-corrected chi connectivity index (χ0v) is 11.0. The minimum absolute atomic E-state index is 0.285. The zero-order valence-electron chi connectivity index (χ0n) is 11.0. The Kier molecular flexibility index (Phi) is 7.01. The van der Waals surface area contributed by atoms with Crippen LogP contribution < -0.4 is 5.32 Å². The van der Waals surface area contributed by atoms with Gasteiger partial charge in [-0.2, -0.15) is 0 Å². The van der Waals surface area contributed by atoms with Gasteiger partial charge in [-0.05, 0) is 45.6 Å². The van der Waals surface area contributed by atoms with Crippen LogP contribution in [0, 0.1) is 0 Å². The van der Waals surface area contributed by atoms with E-state index < -0.39 is 0 Å². The predicted octanol–water partition coefficient (Wildman–Crippen LogP) is 2.35. The lowest BCUT2D eigenvalue weighted by molar-refractivity contribution is 0.0631. The van der Waals surface area contributed by atoms with E-state index in [4.69, 9.17) is 9.47 Å². The van der Waals surface area contributed by atoms with E-state index >= 15 is 0 Å². The molecule has 1 N–H and O–H groups in total. The maximum atomic E-state index is 5.65. The smallest absolute Gasteiger partial charge is 0.0696 e. The Morgan fingerprint density at radius 1 is 1.50 bits per heavy atom. The molecule has 16 heavy (non-hydrogen) atoms. The summed E-state index contributed by atoms with van der Waals surface area (Å²) in [7, 11) is 1.79. The quantitative estimate of drug-likeness (QED) is 0.693. The monoisotopic (exact) mass is 229 g/mol. The fourth-order valence-corrected chi connectivity index (χ4v) is 2.23. The van der Waals surface area contributed by atoms with Crippen molar-refractivity contribution in [2.24, 2.45) is 0 Å². The number of nitrogens with one attached hydrogen (secondary N) is 1. The van der Waals surface area contributed by atoms with Crippen LogP contribution in [-0.4, -0.2) is 38.5 Å². The highest BCUT2D eigenvalue weighted by atomic mass is 16.5. The Hall–Kier alpha value is -0.120. The largest absolute Gasteiger partial charge is 0.380 e. The van der Waals surface area contributed by atoms with Gasteiger partial charge in [0.05, 0.1) is 12.2 Å². The van der Waals surface area contributed by atoms with Gasteiger partial charge in [-0.1, -0.05) is 6.92 Å². The lowest BCUT2D eigenvalue weighted by Gasteiger charge is -2.25. The first kappa shape index (κ1) is 13.9. The Morgan fingerprint density at radius 2 is 2.31 bits per heavy atom. The van der Waals surface area contributed by atoms with E-state index in [1.165, 1.54) is 19.3 Å². The molecule has 1 fully saturated rings. The second-order valence-corrected chi connectivity index (χ2v) is 4.71. The molecule has 0 aromatic heterocycles. The van der Waals surface area contributed by atoms with Gasteiger partial charge in [0.15, 0.2) is 0 Å². The molecular weight excluding hydrogens is 202 g/mol. The molecular formula is C13H27NO2. The summed E-state index contributed by atoms with van der Waals surface area (Å²) in [5.41, 5.74) is 0. The molecule has 0 aromatic carbocycles. The molecule has 3 nitrogen and oxygen atoms in total. The SMILES string of the molecule is CCCNC(CCC1CCCO1)C(C)OC. The van der Waals surface area contributed by atoms with Crippen LogP contribution in [0.5, 0.6) is 0 Å². The van der Waals surface area contributed by atoms with Gasteiger partial charge < -0.3 is 14.8 Å². The molecule has 0 bridgehead atoms. The molecule has 0 aromatic rings. The molecule has 1 aliphatic rings. The van der Waals surface area contributed by atoms with Gasteiger partial charge in [0, 0.05) is 19.8 Å². The summed E-state index contributed by atoms with van der Waals surface area (Å²) in [6, 6.07) is 0.467. The van der Waals surface area contributed by atoms with Gasteiger partial charge in [0.2, 0.25) is 0 Å². The lowest BCUT2D eigenvalue weighted by atomic mass is 10.0. The third-order valence-corrected chi connectivity index (χ3v) is 3.42. The summed E-state index contributed by atoms with van der Waals surface area (Å²) >= 11 is 0. The summed E-state index contributed by atoms with van der Waals surface area (Å²) in [4.78, 5) is 0. The molecule has 0 amide bonds. The van der Waals surface area contributed by atoms with Crippen LogP contribution in [0.1, 0.15) is 46.0 Å². The topological polar surface area (TPSA) is 30.5 Å². The Balaban J connectivity index is 2.24. The molecule has 0 aliphatic carbocycles. The van der Waals surface area contributed by atoms with Crippen molar-refractivity contribution in [2.45, 2.75) is 64.2 Å². The highest BCUT2D eigenvalue weighted by molar-refractivity contribution is 4.76. The molecule has 3 unspecified atom stereocenters. The number of ether oxygens (including phenoxy) is 2. The normalized spacial score (nSPS) is 24.6. The summed E-state index contributed by atoms with van der Waals surface area (Å²) in [6.07, 6.45) is 6.74. The molecule has 3 atom stereocenters. The van der Waals surface area contributed by atoms with Crippen LogP contribution in [0.4, 0.5) is 0 Å². The van der Waals surface area contributed by atoms with E-state index in [0.717, 1.165) is 26.0 Å². The van der Waals surface area contributed by atoms with Gasteiger partial charge in [-0.3, -0.25) is 0 Å². The van der Waals surface area contributed by atoms with E-state index in [9.17, 15) is 0 Å². The number of methoxy groups -OCH3 is 1. The van der Waals surface area contributed by atoms with Crippen LogP contribution in [0.2, 0.25) is 0 Å². The van der Waals surface area contributed by atoms with E-state index in [0.29, 0.717) is 12.1 Å². The molecule has 0 radical (unpaired) electrons. The third-order valence-electron chi connectivity index (χ3n) is 3.42. The van der Waals surface area contributed by atoms with Crippen LogP contribution >= 0.6 is 0 Å². The van der Waals surface area contributed by atoms with E-state index in [-0.39, 0.29) is 6.10 Å². The first-order chi connectivity index (χ1) is 7.77. The Bertz CT molecular complexity index is 169. The summed E-state index contributed by atoms with van der Waals surface area (Å²) in [6.45, 7) is 6.37. The minimum atomic E-state index is 0.285. The molecule has 1 aliphatic heterocycles. The second kappa shape index (κ2) is 8.04. The summed E-state index contributed by atoms with van der Waals surface area (Å²) < 4.78 is 11.1. The molecule has 1 heterocycles. The van der Waals surface area contributed by atoms with Crippen molar-refractivity contribution in [3.8, 4) is 0 Å². The minimum Gasteiger partial charge on any atom is -0.380 e. The van der Waals surface area contributed by atoms with E-state index in [1.807, 2.05) is 0 Å². The highest BCUT2D eigenvalue weighted by Crippen LogP contribution is 2.18. The Labute approximate surface area is 99.9 Å². The predicted molar refractivity (Wildman–Crippen MR) is 66.8 cm³/mol. The average Bonchev–Trinajstić information content (AvgIpc) is 2.81. The van der Waals surface area contributed by atoms with Gasteiger partial charge in [-0.15, -0.1) is 0 Å². The first-order valence-corrected chi connectivity index (χ1v) is 6.65. The molecule has 0 saturated carbocycles. The van der Waals surface area contributed by atoms with Gasteiger partial charge in [0.25, 0.3) is 0 Å². The van der Waals surface area contributed by atoms with Gasteiger partial charge >= 0.3 is 0 Å². The summed E-state index contributed by atoms with van der Waals surface area (Å²) in [5.74, 6) is 0. The highest BCUT2D eigenvalue weighted by Gasteiger charge is 2.20. The maximum absolute atomic E-state index is 5.65. The average molecular weight is 229 g/mol. The first-order valence-electron chi connectivity index (χ1n) is 6.65. The van der Waals surface area contributed by atoms with Crippen molar-refractivity contribution in [2.75, 3.05) is 20.3 Å². The number of rotatable bonds is 8. The molecule has 0 spiro atoms. The lowest BCUT2D eigenvalue weighted by Crippen LogP contribution is -2.40. The van der Waals surface area contributed by atoms with Crippen molar-refractivity contribution in [1.29, 1.82) is 0 Å². The van der Waals surface area contributed by atoms with Crippen LogP contribution in [-0.2, 0) is 9.47 Å². The summed E-state index contributed by atoms with van der Waals surface area (Å²) in [5, 5.41) is 3.56. The van der Waals surface area contributed by atoms with E-state index in [1.54, 1.807) is 7.11 Å². The molecule has 96 valence electrons. The zero-order chi connectivity index (χ0) is 11.8. The molecule has 1 saturated heterocycles. The van der Waals surface area contributed by atoms with E-state index in [2.05, 4.69) is 19.2 Å². The third kappa shape index (κ3) is 4.81. The van der Waals surface area contributed by atoms with Crippen molar-refractivity contribution in [3.63, 3.8) is 0 Å². The van der Waals surface area contributed by atoms with Crippen LogP contribution in [0.25, 0.3) is 0 Å². The molecule has 3 heteroatoms. The van der Waals surface area contributed by atoms with Crippen molar-refractivity contribution < 1.29 is 9.47 Å². The number of hydrogen-bond acceptors (Lipinski definition) is 3. The second-order valence-electron chi connectivity index (χ2n) is 4.71. The fraction of sp³-hybridized carbons (Fsp3) is 1.00. The van der Waals surface area contributed by atoms with Crippen molar-refractivity contribution >= 4 is 0 Å². The fourth-order valence-electron chi connectivity index (χ4n) is 2.23. The van der Waals surface area contributed by atoms with Crippen LogP contribution in [0.15, 0.2) is 0 Å². The van der Waals surface area contributed by atoms with Crippen LogP contribution in [0.3, 0.4) is 0 Å². The maximum Gasteiger partial charge on any atom is 0.0696 e. The number of hydrogen-bond donors (Lipinski definition) is 1. The Morgan fingerprint density at radius 3 is 2.88 bits per heavy atom. The van der Waals surface area contributed by atoms with Gasteiger partial charge in [-0.25, -0.2) is 0 Å². The standard InChI is InChI=1S/C13H27NO2/c1-4-9-14-13(11(2)15-3)8-7-12-6-5-10-16-12/h11-14H,4-10H2,1-3H3. The van der Waals surface area contributed by atoms with Crippen molar-refractivity contribution in [1.82, 2.24) is 5.32 Å². The van der Waals surface area contributed by atoms with Gasteiger partial charge in [0.1, 0.15) is 0 Å². The molecule has 1 rings (SSSR count).